The summed E-state index contributed by atoms with van der Waals surface area (Å²) in [4.78, 5) is 23.3. The predicted molar refractivity (Wildman–Crippen MR) is 81.3 cm³/mol. The van der Waals surface area contributed by atoms with Gasteiger partial charge in [-0.05, 0) is 31.1 Å². The highest BCUT2D eigenvalue weighted by atomic mass is 32.1. The minimum Gasteiger partial charge on any atom is -0.465 e. The number of furan rings is 1. The fraction of sp³-hybridized carbons (Fsp3) is 0.286. The molecule has 8 heteroatoms. The van der Waals surface area contributed by atoms with Crippen molar-refractivity contribution in [3.63, 3.8) is 0 Å². The second-order valence-corrected chi connectivity index (χ2v) is 5.84. The number of carbonyl (C=O) groups excluding carboxylic acids is 2. The molecular formula is C14H14N4O3S. The summed E-state index contributed by atoms with van der Waals surface area (Å²) in [5.41, 5.74) is 0. The van der Waals surface area contributed by atoms with E-state index in [1.807, 2.05) is 0 Å². The van der Waals surface area contributed by atoms with Crippen molar-refractivity contribution >= 4 is 34.4 Å². The first-order valence-electron chi connectivity index (χ1n) is 6.83. The molecule has 2 amide bonds. The molecule has 0 aliphatic heterocycles. The quantitative estimate of drug-likeness (QED) is 0.791. The minimum atomic E-state index is -0.373. The Morgan fingerprint density at radius 3 is 3.00 bits per heavy atom. The van der Waals surface area contributed by atoms with Gasteiger partial charge in [-0.25, -0.2) is 0 Å². The summed E-state index contributed by atoms with van der Waals surface area (Å²) in [6.45, 7) is -0.125. The van der Waals surface area contributed by atoms with E-state index in [-0.39, 0.29) is 18.4 Å². The van der Waals surface area contributed by atoms with Crippen LogP contribution in [-0.4, -0.2) is 28.6 Å². The SMILES string of the molecule is O=C(C=Cc1ccco1)NCC(=O)Nc1nnc(C2CC2)s1. The van der Waals surface area contributed by atoms with Crippen LogP contribution in [0.5, 0.6) is 0 Å². The molecule has 0 spiro atoms. The van der Waals surface area contributed by atoms with E-state index in [2.05, 4.69) is 20.8 Å². The van der Waals surface area contributed by atoms with Gasteiger partial charge in [0.2, 0.25) is 16.9 Å². The molecule has 1 aliphatic carbocycles. The van der Waals surface area contributed by atoms with E-state index in [0.29, 0.717) is 16.8 Å². The lowest BCUT2D eigenvalue weighted by Crippen LogP contribution is -2.31. The lowest BCUT2D eigenvalue weighted by Gasteiger charge is -2.01. The highest BCUT2D eigenvalue weighted by molar-refractivity contribution is 7.15. The topological polar surface area (TPSA) is 97.1 Å². The third-order valence-corrected chi connectivity index (χ3v) is 3.98. The molecule has 3 rings (SSSR count). The fourth-order valence-electron chi connectivity index (χ4n) is 1.71. The van der Waals surface area contributed by atoms with Crippen molar-refractivity contribution in [3.8, 4) is 0 Å². The van der Waals surface area contributed by atoms with Crippen LogP contribution in [0, 0.1) is 0 Å². The Bertz CT molecular complexity index is 689. The first-order chi connectivity index (χ1) is 10.7. The van der Waals surface area contributed by atoms with E-state index >= 15 is 0 Å². The molecule has 2 N–H and O–H groups in total. The molecule has 2 heterocycles. The summed E-state index contributed by atoms with van der Waals surface area (Å²) in [6.07, 6.45) is 6.63. The maximum Gasteiger partial charge on any atom is 0.245 e. The fourth-order valence-corrected chi connectivity index (χ4v) is 2.64. The summed E-state index contributed by atoms with van der Waals surface area (Å²) in [7, 11) is 0. The molecule has 2 aromatic rings. The van der Waals surface area contributed by atoms with Gasteiger partial charge in [0.15, 0.2) is 0 Å². The Morgan fingerprint density at radius 2 is 2.27 bits per heavy atom. The minimum absolute atomic E-state index is 0.125. The van der Waals surface area contributed by atoms with Crippen LogP contribution >= 0.6 is 11.3 Å². The number of hydrogen-bond donors (Lipinski definition) is 2. The standard InChI is InChI=1S/C14H14N4O3S/c19-11(6-5-10-2-1-7-21-10)15-8-12(20)16-14-18-17-13(22-14)9-3-4-9/h1-2,5-7,9H,3-4,8H2,(H,15,19)(H,16,18,20). The molecule has 0 saturated heterocycles. The van der Waals surface area contributed by atoms with E-state index in [1.165, 1.54) is 29.8 Å². The summed E-state index contributed by atoms with van der Waals surface area (Å²) < 4.78 is 5.06. The van der Waals surface area contributed by atoms with Crippen LogP contribution < -0.4 is 10.6 Å². The molecule has 1 aliphatic rings. The number of nitrogens with one attached hydrogen (secondary N) is 2. The lowest BCUT2D eigenvalue weighted by molar-refractivity contribution is -0.121. The van der Waals surface area contributed by atoms with Crippen LogP contribution in [0.2, 0.25) is 0 Å². The molecule has 1 saturated carbocycles. The van der Waals surface area contributed by atoms with Gasteiger partial charge in [-0.3, -0.25) is 14.9 Å². The van der Waals surface area contributed by atoms with Gasteiger partial charge in [-0.2, -0.15) is 0 Å². The van der Waals surface area contributed by atoms with Crippen LogP contribution in [0.15, 0.2) is 28.9 Å². The number of nitrogens with zero attached hydrogens (tertiary/aromatic N) is 2. The van der Waals surface area contributed by atoms with Crippen LogP contribution in [0.25, 0.3) is 6.08 Å². The maximum absolute atomic E-state index is 11.7. The second kappa shape index (κ2) is 6.52. The number of rotatable bonds is 6. The molecule has 0 atom stereocenters. The normalized spacial score (nSPS) is 14.2. The number of hydrogen-bond acceptors (Lipinski definition) is 6. The Morgan fingerprint density at radius 1 is 1.41 bits per heavy atom. The number of carbonyl (C=O) groups is 2. The number of aromatic nitrogens is 2. The molecule has 7 nitrogen and oxygen atoms in total. The third kappa shape index (κ3) is 4.01. The first kappa shape index (κ1) is 14.5. The van der Waals surface area contributed by atoms with Crippen LogP contribution in [0.1, 0.15) is 29.5 Å². The highest BCUT2D eigenvalue weighted by Crippen LogP contribution is 2.41. The summed E-state index contributed by atoms with van der Waals surface area (Å²) in [5, 5.41) is 14.5. The Hall–Kier alpha value is -2.48. The molecule has 22 heavy (non-hydrogen) atoms. The van der Waals surface area contributed by atoms with Crippen LogP contribution in [-0.2, 0) is 9.59 Å². The van der Waals surface area contributed by atoms with Gasteiger partial charge in [0.05, 0.1) is 12.8 Å². The van der Waals surface area contributed by atoms with E-state index < -0.39 is 0 Å². The van der Waals surface area contributed by atoms with Gasteiger partial charge < -0.3 is 9.73 Å². The van der Waals surface area contributed by atoms with Crippen molar-refractivity contribution in [2.24, 2.45) is 0 Å². The Kier molecular flexibility index (Phi) is 4.29. The molecule has 114 valence electrons. The van der Waals surface area contributed by atoms with Crippen LogP contribution in [0.4, 0.5) is 5.13 Å². The van der Waals surface area contributed by atoms with Crippen LogP contribution in [0.3, 0.4) is 0 Å². The molecule has 1 fully saturated rings. The second-order valence-electron chi connectivity index (χ2n) is 4.83. The van der Waals surface area contributed by atoms with Gasteiger partial charge in [0.25, 0.3) is 0 Å². The summed E-state index contributed by atoms with van der Waals surface area (Å²) in [5.74, 6) is 0.372. The molecule has 0 radical (unpaired) electrons. The van der Waals surface area contributed by atoms with Crippen molar-refractivity contribution in [2.45, 2.75) is 18.8 Å². The van der Waals surface area contributed by atoms with Crippen molar-refractivity contribution in [1.82, 2.24) is 15.5 Å². The van der Waals surface area contributed by atoms with E-state index in [1.54, 1.807) is 12.1 Å². The smallest absolute Gasteiger partial charge is 0.245 e. The van der Waals surface area contributed by atoms with Gasteiger partial charge >= 0.3 is 0 Å². The molecule has 0 bridgehead atoms. The average Bonchev–Trinajstić information content (AvgIpc) is 3.03. The third-order valence-electron chi connectivity index (χ3n) is 2.98. The average molecular weight is 318 g/mol. The molecule has 0 aromatic carbocycles. The number of anilines is 1. The Balaban J connectivity index is 1.42. The zero-order valence-electron chi connectivity index (χ0n) is 11.6. The first-order valence-corrected chi connectivity index (χ1v) is 7.65. The van der Waals surface area contributed by atoms with Crippen molar-refractivity contribution in [1.29, 1.82) is 0 Å². The van der Waals surface area contributed by atoms with Gasteiger partial charge in [-0.1, -0.05) is 11.3 Å². The monoisotopic (exact) mass is 318 g/mol. The highest BCUT2D eigenvalue weighted by Gasteiger charge is 2.27. The molecule has 0 unspecified atom stereocenters. The largest absolute Gasteiger partial charge is 0.465 e. The molecular weight excluding hydrogens is 304 g/mol. The predicted octanol–water partition coefficient (Wildman–Crippen LogP) is 1.78. The van der Waals surface area contributed by atoms with E-state index in [9.17, 15) is 9.59 Å². The lowest BCUT2D eigenvalue weighted by atomic mass is 10.4. The maximum atomic E-state index is 11.7. The molecule has 2 aromatic heterocycles. The van der Waals surface area contributed by atoms with Crippen molar-refractivity contribution in [3.05, 3.63) is 35.2 Å². The van der Waals surface area contributed by atoms with Gasteiger partial charge in [0.1, 0.15) is 10.8 Å². The zero-order chi connectivity index (χ0) is 15.4. The summed E-state index contributed by atoms with van der Waals surface area (Å²) >= 11 is 1.38. The van der Waals surface area contributed by atoms with Gasteiger partial charge in [-0.15, -0.1) is 10.2 Å². The zero-order valence-corrected chi connectivity index (χ0v) is 12.4. The number of amides is 2. The van der Waals surface area contributed by atoms with Crippen molar-refractivity contribution < 1.29 is 14.0 Å². The Labute approximate surface area is 130 Å². The van der Waals surface area contributed by atoms with E-state index in [4.69, 9.17) is 4.42 Å². The van der Waals surface area contributed by atoms with E-state index in [0.717, 1.165) is 17.8 Å². The summed E-state index contributed by atoms with van der Waals surface area (Å²) in [6, 6.07) is 3.45. The van der Waals surface area contributed by atoms with Gasteiger partial charge in [0, 0.05) is 12.0 Å². The van der Waals surface area contributed by atoms with Crippen molar-refractivity contribution in [2.75, 3.05) is 11.9 Å².